The van der Waals surface area contributed by atoms with Crippen molar-refractivity contribution in [1.82, 2.24) is 24.8 Å². The molecule has 4 aromatic rings. The highest BCUT2D eigenvalue weighted by molar-refractivity contribution is 6.03. The molecule has 55 heavy (non-hydrogen) atoms. The highest BCUT2D eigenvalue weighted by Gasteiger charge is 2.55. The fraction of sp³-hybridized carbons (Fsp3) is 0.476. The van der Waals surface area contributed by atoms with Crippen molar-refractivity contribution in [2.45, 2.75) is 94.9 Å². The second kappa shape index (κ2) is 12.7. The molecule has 0 N–H and O–H groups in total. The molecule has 0 spiro atoms. The van der Waals surface area contributed by atoms with E-state index >= 15 is 8.78 Å². The van der Waals surface area contributed by atoms with Crippen LogP contribution in [-0.2, 0) is 9.47 Å². The van der Waals surface area contributed by atoms with Crippen LogP contribution >= 0.6 is 0 Å². The SMILES string of the molecule is C#Cc1c(F)ccc2cccc(-c3nc4c5c(nc(OCC67C[C@H](OC)CN6CCC7=C)nc5c3F)N3C[C@H]5CC[C@@H]([C@H]3[C@H](C)O4)N5C(=O)OC(C)(C)C)c12. The first-order valence-corrected chi connectivity index (χ1v) is 18.9. The predicted octanol–water partition coefficient (Wildman–Crippen LogP) is 6.64. The highest BCUT2D eigenvalue weighted by atomic mass is 19.1. The fourth-order valence-corrected chi connectivity index (χ4v) is 9.71. The molecule has 11 nitrogen and oxygen atoms in total. The van der Waals surface area contributed by atoms with Gasteiger partial charge in [-0.05, 0) is 58.4 Å². The van der Waals surface area contributed by atoms with Gasteiger partial charge in [0.15, 0.2) is 5.82 Å². The molecule has 4 fully saturated rings. The molecule has 0 aliphatic carbocycles. The number of nitrogens with zero attached hydrogens (tertiary/aromatic N) is 6. The van der Waals surface area contributed by atoms with Crippen molar-refractivity contribution in [2.24, 2.45) is 0 Å². The van der Waals surface area contributed by atoms with Gasteiger partial charge in [-0.1, -0.05) is 42.3 Å². The van der Waals surface area contributed by atoms with E-state index in [0.717, 1.165) is 37.9 Å². The van der Waals surface area contributed by atoms with Crippen molar-refractivity contribution in [3.05, 3.63) is 59.7 Å². The van der Waals surface area contributed by atoms with Crippen LogP contribution in [0.3, 0.4) is 0 Å². The minimum atomic E-state index is -0.748. The number of anilines is 1. The van der Waals surface area contributed by atoms with E-state index < -0.39 is 34.9 Å². The summed E-state index contributed by atoms with van der Waals surface area (Å²) in [7, 11) is 1.71. The number of ether oxygens (including phenoxy) is 4. The third-order valence-corrected chi connectivity index (χ3v) is 12.2. The zero-order chi connectivity index (χ0) is 38.6. The second-order valence-corrected chi connectivity index (χ2v) is 16.4. The third-order valence-electron chi connectivity index (χ3n) is 12.2. The lowest BCUT2D eigenvalue weighted by Crippen LogP contribution is -2.65. The van der Waals surface area contributed by atoms with Gasteiger partial charge in [-0.25, -0.2) is 18.6 Å². The van der Waals surface area contributed by atoms with Gasteiger partial charge in [-0.3, -0.25) is 9.80 Å². The molecule has 0 saturated carbocycles. The largest absolute Gasteiger partial charge is 0.472 e. The Labute approximate surface area is 318 Å². The van der Waals surface area contributed by atoms with Gasteiger partial charge >= 0.3 is 12.1 Å². The third kappa shape index (κ3) is 5.51. The Kier molecular flexibility index (Phi) is 8.26. The Bertz CT molecular complexity index is 2320. The van der Waals surface area contributed by atoms with Gasteiger partial charge in [0.1, 0.15) is 46.5 Å². The van der Waals surface area contributed by atoms with Gasteiger partial charge in [-0.2, -0.15) is 9.97 Å². The maximum atomic E-state index is 17.4. The average Bonchev–Trinajstić information content (AvgIpc) is 3.75. The van der Waals surface area contributed by atoms with E-state index in [0.29, 0.717) is 40.5 Å². The molecule has 1 amide bonds. The summed E-state index contributed by atoms with van der Waals surface area (Å²) in [5.41, 5.74) is 0.0554. The maximum absolute atomic E-state index is 17.4. The Morgan fingerprint density at radius 2 is 1.95 bits per heavy atom. The summed E-state index contributed by atoms with van der Waals surface area (Å²) in [4.78, 5) is 34.6. The van der Waals surface area contributed by atoms with Crippen LogP contribution in [0.4, 0.5) is 19.4 Å². The summed E-state index contributed by atoms with van der Waals surface area (Å²) in [6.45, 7) is 14.1. The first-order chi connectivity index (χ1) is 26.3. The predicted molar refractivity (Wildman–Crippen MR) is 203 cm³/mol. The van der Waals surface area contributed by atoms with Crippen LogP contribution in [0, 0.1) is 24.0 Å². The number of benzene rings is 2. The molecule has 4 saturated heterocycles. The number of terminal acetylenes is 1. The lowest BCUT2D eigenvalue weighted by molar-refractivity contribution is 0.000937. The van der Waals surface area contributed by atoms with Crippen molar-refractivity contribution < 1.29 is 32.5 Å². The number of piperazine rings is 1. The summed E-state index contributed by atoms with van der Waals surface area (Å²) in [5, 5.41) is 1.27. The van der Waals surface area contributed by atoms with E-state index in [9.17, 15) is 4.79 Å². The monoisotopic (exact) mass is 750 g/mol. The van der Waals surface area contributed by atoms with Gasteiger partial charge in [0.25, 0.3) is 0 Å². The summed E-state index contributed by atoms with van der Waals surface area (Å²) >= 11 is 0. The number of rotatable bonds is 5. The van der Waals surface area contributed by atoms with Crippen molar-refractivity contribution >= 4 is 33.6 Å². The number of methoxy groups -OCH3 is 1. The Morgan fingerprint density at radius 3 is 2.71 bits per heavy atom. The number of amides is 1. The van der Waals surface area contributed by atoms with Crippen molar-refractivity contribution in [3.8, 4) is 35.5 Å². The van der Waals surface area contributed by atoms with E-state index in [1.54, 1.807) is 31.4 Å². The van der Waals surface area contributed by atoms with E-state index in [2.05, 4.69) is 22.3 Å². The molecule has 9 rings (SSSR count). The molecule has 2 bridgehead atoms. The molecule has 5 aliphatic heterocycles. The molecule has 2 aromatic carbocycles. The first kappa shape index (κ1) is 35.6. The summed E-state index contributed by atoms with van der Waals surface area (Å²) in [6, 6.07) is 7.25. The van der Waals surface area contributed by atoms with Gasteiger partial charge in [0.2, 0.25) is 5.88 Å². The van der Waals surface area contributed by atoms with Gasteiger partial charge in [0.05, 0.1) is 35.3 Å². The zero-order valence-electron chi connectivity index (χ0n) is 31.7. The lowest BCUT2D eigenvalue weighted by atomic mass is 9.90. The minimum Gasteiger partial charge on any atom is -0.472 e. The lowest BCUT2D eigenvalue weighted by Gasteiger charge is -2.48. The number of carbonyl (C=O) groups excluding carboxylic acids is 1. The summed E-state index contributed by atoms with van der Waals surface area (Å²) in [5.74, 6) is 1.65. The smallest absolute Gasteiger partial charge is 0.410 e. The minimum absolute atomic E-state index is 0.00358. The molecule has 5 aliphatic rings. The van der Waals surface area contributed by atoms with Crippen LogP contribution in [0.1, 0.15) is 58.9 Å². The molecule has 0 radical (unpaired) electrons. The maximum Gasteiger partial charge on any atom is 0.410 e. The van der Waals surface area contributed by atoms with E-state index in [-0.39, 0.29) is 59.6 Å². The number of carbonyl (C=O) groups is 1. The van der Waals surface area contributed by atoms with Gasteiger partial charge in [-0.15, -0.1) is 6.42 Å². The van der Waals surface area contributed by atoms with Crippen LogP contribution in [-0.4, -0.2) is 106 Å². The van der Waals surface area contributed by atoms with E-state index in [1.165, 1.54) is 6.07 Å². The molecule has 6 atom stereocenters. The number of aromatic nitrogens is 3. The van der Waals surface area contributed by atoms with Crippen molar-refractivity contribution in [2.75, 3.05) is 38.3 Å². The first-order valence-electron chi connectivity index (χ1n) is 18.9. The second-order valence-electron chi connectivity index (χ2n) is 16.4. The van der Waals surface area contributed by atoms with Crippen LogP contribution in [0.5, 0.6) is 11.9 Å². The van der Waals surface area contributed by atoms with Crippen molar-refractivity contribution in [3.63, 3.8) is 0 Å². The van der Waals surface area contributed by atoms with Crippen LogP contribution in [0.15, 0.2) is 42.5 Å². The molecule has 2 aromatic heterocycles. The molecule has 286 valence electrons. The number of pyridine rings is 1. The Morgan fingerprint density at radius 1 is 1.13 bits per heavy atom. The topological polar surface area (TPSA) is 102 Å². The number of hydrogen-bond acceptors (Lipinski definition) is 10. The molecular weight excluding hydrogens is 706 g/mol. The molecule has 7 heterocycles. The summed E-state index contributed by atoms with van der Waals surface area (Å²) < 4.78 is 57.5. The average molecular weight is 751 g/mol. The van der Waals surface area contributed by atoms with Crippen molar-refractivity contribution in [1.29, 1.82) is 0 Å². The van der Waals surface area contributed by atoms with Gasteiger partial charge < -0.3 is 23.8 Å². The van der Waals surface area contributed by atoms with E-state index in [4.69, 9.17) is 40.3 Å². The molecular formula is C42H44F2N6O5. The molecule has 13 heteroatoms. The van der Waals surface area contributed by atoms with Crippen LogP contribution in [0.25, 0.3) is 32.9 Å². The van der Waals surface area contributed by atoms with Gasteiger partial charge in [0, 0.05) is 44.1 Å². The number of hydrogen-bond donors (Lipinski definition) is 0. The standard InChI is InChI=1S/C42H44F2N6O5/c1-8-27-29(43)14-12-24-10-9-11-28(31(24)27)34-33(44)35-32-37(47-39(46-35)53-21-42-18-26(52-7)20-48(42)17-16-22(42)2)49-19-25-13-15-30(36(49)23(3)54-38(32)45-34)50(25)40(51)55-41(4,5)6/h1,9-12,14,23,25-26,30,36H,2,13,15-21H2,3-7H3/t23-,25+,26-,30-,36+,42?/m0/s1. The summed E-state index contributed by atoms with van der Waals surface area (Å²) in [6.07, 6.45) is 7.95. The highest BCUT2D eigenvalue weighted by Crippen LogP contribution is 2.48. The Hall–Kier alpha value is -5.06. The van der Waals surface area contributed by atoms with Crippen LogP contribution < -0.4 is 14.4 Å². The fourth-order valence-electron chi connectivity index (χ4n) is 9.71. The Balaban J connectivity index is 1.21. The van der Waals surface area contributed by atoms with Crippen LogP contribution in [0.2, 0.25) is 0 Å². The molecule has 1 unspecified atom stereocenters. The quantitative estimate of drug-likeness (QED) is 0.163. The number of fused-ring (bicyclic) bond motifs is 7. The number of halogens is 2. The normalized spacial score (nSPS) is 27.2. The zero-order valence-corrected chi connectivity index (χ0v) is 31.7. The van der Waals surface area contributed by atoms with E-state index in [1.807, 2.05) is 32.6 Å².